The Morgan fingerprint density at radius 1 is 0.196 bits per heavy atom. The molecule has 0 spiro atoms. The summed E-state index contributed by atoms with van der Waals surface area (Å²) in [4.78, 5) is 10.2. The van der Waals surface area contributed by atoms with E-state index in [0.717, 1.165) is 102 Å². The molecule has 0 aliphatic rings. The zero-order chi connectivity index (χ0) is 77.2. The predicted molar refractivity (Wildman–Crippen MR) is 484 cm³/mol. The minimum Gasteiger partial charge on any atom is -0.310 e. The fourth-order valence-corrected chi connectivity index (χ4v) is 17.6. The van der Waals surface area contributed by atoms with Crippen molar-refractivity contribution >= 4 is 133 Å². The third kappa shape index (κ3) is 12.3. The second-order valence-electron chi connectivity index (χ2n) is 33.4. The van der Waals surface area contributed by atoms with Gasteiger partial charge in [-0.1, -0.05) is 272 Å². The fraction of sp³-hybridized carbons (Fsp3) is 0.148. The molecule has 4 heteroatoms. The van der Waals surface area contributed by atoms with Crippen molar-refractivity contribution in [2.24, 2.45) is 0 Å². The summed E-state index contributed by atoms with van der Waals surface area (Å²) in [6, 6.07) is 120. The highest BCUT2D eigenvalue weighted by molar-refractivity contribution is 6.31. The zero-order valence-electron chi connectivity index (χ0n) is 66.8. The smallest absolute Gasteiger partial charge is 0.0561 e. The molecule has 0 radical (unpaired) electrons. The third-order valence-electron chi connectivity index (χ3n) is 23.6. The molecule has 112 heavy (non-hydrogen) atoms. The topological polar surface area (TPSA) is 13.0 Å². The Bertz CT molecular complexity index is 6640. The summed E-state index contributed by atoms with van der Waals surface area (Å²) in [6.45, 7) is 32.1. The summed E-state index contributed by atoms with van der Waals surface area (Å²) in [5.41, 5.74) is 32.2. The number of benzene rings is 18. The molecule has 18 aromatic rings. The van der Waals surface area contributed by atoms with E-state index < -0.39 is 0 Å². The van der Waals surface area contributed by atoms with Gasteiger partial charge in [-0.2, -0.15) is 0 Å². The van der Waals surface area contributed by atoms with Gasteiger partial charge in [-0.15, -0.1) is 0 Å². The van der Waals surface area contributed by atoms with Gasteiger partial charge < -0.3 is 19.6 Å². The number of rotatable bonds is 15. The van der Waals surface area contributed by atoms with Crippen molar-refractivity contribution in [3.05, 3.63) is 371 Å². The molecular formula is C108H94N4. The number of nitrogens with zero attached hydrogens (tertiary/aromatic N) is 4. The molecule has 0 aliphatic heterocycles. The summed E-state index contributed by atoms with van der Waals surface area (Å²) >= 11 is 0. The van der Waals surface area contributed by atoms with Crippen LogP contribution in [0.25, 0.3) is 98.0 Å². The molecule has 0 unspecified atom stereocenters. The number of anilines is 12. The minimum absolute atomic E-state index is 0.0387. The molecule has 0 fully saturated rings. The van der Waals surface area contributed by atoms with Crippen molar-refractivity contribution < 1.29 is 0 Å². The second kappa shape index (κ2) is 27.7. The highest BCUT2D eigenvalue weighted by atomic mass is 15.2. The largest absolute Gasteiger partial charge is 0.310 e. The fourth-order valence-electron chi connectivity index (χ4n) is 17.6. The van der Waals surface area contributed by atoms with Crippen molar-refractivity contribution in [1.82, 2.24) is 0 Å². The van der Waals surface area contributed by atoms with Gasteiger partial charge in [0.05, 0.1) is 22.7 Å². The summed E-state index contributed by atoms with van der Waals surface area (Å²) in [5, 5.41) is 14.8. The van der Waals surface area contributed by atoms with Crippen molar-refractivity contribution in [3.8, 4) is 33.4 Å². The van der Waals surface area contributed by atoms with E-state index in [9.17, 15) is 0 Å². The Kier molecular flexibility index (Phi) is 17.5. The van der Waals surface area contributed by atoms with Gasteiger partial charge in [0.2, 0.25) is 0 Å². The lowest BCUT2D eigenvalue weighted by atomic mass is 9.83. The maximum Gasteiger partial charge on any atom is 0.0561 e. The Morgan fingerprint density at radius 3 is 0.982 bits per heavy atom. The molecule has 0 amide bonds. The van der Waals surface area contributed by atoms with Gasteiger partial charge in [-0.05, 0) is 272 Å². The molecule has 0 saturated heterocycles. The van der Waals surface area contributed by atoms with Crippen LogP contribution in [0, 0.1) is 55.4 Å². The summed E-state index contributed by atoms with van der Waals surface area (Å²) in [7, 11) is 0. The normalized spacial score (nSPS) is 12.0. The van der Waals surface area contributed by atoms with E-state index in [-0.39, 0.29) is 10.8 Å². The number of aryl methyl sites for hydroxylation is 8. The van der Waals surface area contributed by atoms with E-state index in [1.807, 2.05) is 0 Å². The van der Waals surface area contributed by atoms with Crippen LogP contribution in [-0.2, 0) is 10.8 Å². The van der Waals surface area contributed by atoms with Crippen LogP contribution in [0.4, 0.5) is 68.2 Å². The van der Waals surface area contributed by atoms with Crippen LogP contribution in [0.5, 0.6) is 0 Å². The standard InChI is InChI=1S/C108H94N4/c1-67-39-41-70(4)95(55-67)111(97-63-77(44-43-72(97)6)75-30-19-15-20-31-75)101-66-102(90-53-48-82-62-84(108(12,13)14)61-81-47-52-89(101)106(90)104(81)82)112(96-56-68(2)40-42-71(96)5)98-64-92(76-32-21-16-22-33-76)91(58-74(98)8)78-49-54-94(73(7)57-78)110(86-36-25-18-26-37-86)100-65-99(109(85-34-23-17-24-35-85)93-38-28-27-29-69(93)3)87-50-45-79-59-83(107(9,10)11)60-80-46-51-88(100)105(87)103(79)80/h15-66H,1-14H3. The Hall–Kier alpha value is -12.8. The van der Waals surface area contributed by atoms with Crippen LogP contribution in [0.2, 0.25) is 0 Å². The second-order valence-corrected chi connectivity index (χ2v) is 33.4. The molecule has 0 N–H and O–H groups in total. The number of hydrogen-bond acceptors (Lipinski definition) is 4. The Balaban J connectivity index is 0.877. The Labute approximate surface area is 660 Å². The van der Waals surface area contributed by atoms with Crippen molar-refractivity contribution in [2.75, 3.05) is 19.6 Å². The van der Waals surface area contributed by atoms with Gasteiger partial charge in [0.25, 0.3) is 0 Å². The quantitative estimate of drug-likeness (QED) is 0.0949. The summed E-state index contributed by atoms with van der Waals surface area (Å²) in [6.07, 6.45) is 0. The minimum atomic E-state index is -0.0628. The summed E-state index contributed by atoms with van der Waals surface area (Å²) in [5.74, 6) is 0. The maximum atomic E-state index is 2.62. The van der Waals surface area contributed by atoms with E-state index in [1.54, 1.807) is 0 Å². The maximum absolute atomic E-state index is 2.62. The number of para-hydroxylation sites is 3. The third-order valence-corrected chi connectivity index (χ3v) is 23.6. The molecule has 18 aromatic carbocycles. The highest BCUT2D eigenvalue weighted by Gasteiger charge is 2.32. The van der Waals surface area contributed by atoms with Crippen LogP contribution in [-0.4, -0.2) is 0 Å². The van der Waals surface area contributed by atoms with E-state index in [2.05, 4.69) is 432 Å². The average Bonchev–Trinajstić information content (AvgIpc) is 0.713. The first kappa shape index (κ1) is 70.9. The van der Waals surface area contributed by atoms with Crippen molar-refractivity contribution in [3.63, 3.8) is 0 Å². The first-order chi connectivity index (χ1) is 54.1. The predicted octanol–water partition coefficient (Wildman–Crippen LogP) is 31.4. The average molecular weight is 1450 g/mol. The molecule has 0 aromatic heterocycles. The van der Waals surface area contributed by atoms with Crippen LogP contribution in [0.15, 0.2) is 315 Å². The van der Waals surface area contributed by atoms with Crippen molar-refractivity contribution in [2.45, 2.75) is 108 Å². The lowest BCUT2D eigenvalue weighted by Gasteiger charge is -2.35. The molecule has 0 saturated carbocycles. The van der Waals surface area contributed by atoms with Crippen LogP contribution >= 0.6 is 0 Å². The lowest BCUT2D eigenvalue weighted by molar-refractivity contribution is 0.591. The van der Waals surface area contributed by atoms with Gasteiger partial charge in [-0.3, -0.25) is 0 Å². The van der Waals surface area contributed by atoms with E-state index >= 15 is 0 Å². The monoisotopic (exact) mass is 1450 g/mol. The molecule has 0 heterocycles. The highest BCUT2D eigenvalue weighted by Crippen LogP contribution is 2.56. The molecule has 546 valence electrons. The van der Waals surface area contributed by atoms with Gasteiger partial charge in [-0.25, -0.2) is 0 Å². The molecule has 0 atom stereocenters. The van der Waals surface area contributed by atoms with E-state index in [4.69, 9.17) is 0 Å². The van der Waals surface area contributed by atoms with E-state index in [1.165, 1.54) is 120 Å². The van der Waals surface area contributed by atoms with Crippen LogP contribution in [0.1, 0.15) is 97.2 Å². The van der Waals surface area contributed by atoms with Gasteiger partial charge in [0.1, 0.15) is 0 Å². The lowest BCUT2D eigenvalue weighted by Crippen LogP contribution is -2.17. The zero-order valence-corrected chi connectivity index (χ0v) is 66.8. The first-order valence-electron chi connectivity index (χ1n) is 39.6. The summed E-state index contributed by atoms with van der Waals surface area (Å²) < 4.78 is 0. The van der Waals surface area contributed by atoms with Crippen LogP contribution in [0.3, 0.4) is 0 Å². The number of hydrogen-bond donors (Lipinski definition) is 0. The van der Waals surface area contributed by atoms with Crippen LogP contribution < -0.4 is 19.6 Å². The molecule has 0 bridgehead atoms. The Morgan fingerprint density at radius 2 is 0.545 bits per heavy atom. The molecule has 0 aliphatic carbocycles. The van der Waals surface area contributed by atoms with Crippen molar-refractivity contribution in [1.29, 1.82) is 0 Å². The van der Waals surface area contributed by atoms with Gasteiger partial charge in [0, 0.05) is 77.8 Å². The SMILES string of the molecule is Cc1ccc(C)c(N(c2cc(-c3ccccc3)ccc2C)c2cc(N(c3cc(C)ccc3C)c3cc(-c4ccccc4)c(-c4ccc(N(c5ccccc5)c5cc(N(c6ccccc6)c6ccccc6C)c6ccc7cc(C(C)(C)C)cc8ccc5c6c78)c(C)c4)cc3C)c3ccc4cc(C(C)(C)C)cc5ccc2c3c54)c1. The molecule has 18 rings (SSSR count). The first-order valence-corrected chi connectivity index (χ1v) is 39.6. The molecular weight excluding hydrogens is 1350 g/mol. The van der Waals surface area contributed by atoms with Gasteiger partial charge in [0.15, 0.2) is 0 Å². The van der Waals surface area contributed by atoms with E-state index in [0.29, 0.717) is 0 Å². The van der Waals surface area contributed by atoms with Gasteiger partial charge >= 0.3 is 0 Å². The molecule has 4 nitrogen and oxygen atoms in total.